The number of hydrogen-bond donors (Lipinski definition) is 2. The molecular weight excluding hydrogens is 390 g/mol. The number of nitrogens with zero attached hydrogens (tertiary/aromatic N) is 1. The average Bonchev–Trinajstić information content (AvgIpc) is 3.16. The van der Waals surface area contributed by atoms with Crippen LogP contribution >= 0.6 is 0 Å². The van der Waals surface area contributed by atoms with Crippen molar-refractivity contribution in [1.29, 1.82) is 0 Å². The second kappa shape index (κ2) is 8.11. The summed E-state index contributed by atoms with van der Waals surface area (Å²) >= 11 is 0. The Morgan fingerprint density at radius 3 is 2.19 bits per heavy atom. The molecule has 1 aliphatic rings. The van der Waals surface area contributed by atoms with Crippen LogP contribution < -0.4 is 9.86 Å². The molecule has 1 unspecified atom stereocenters. The number of benzene rings is 1. The van der Waals surface area contributed by atoms with Crippen LogP contribution in [0.2, 0.25) is 0 Å². The highest BCUT2D eigenvalue weighted by atomic mass is 32.2. The van der Waals surface area contributed by atoms with Crippen LogP contribution in [0.4, 0.5) is 0 Å². The molecule has 1 aromatic heterocycles. The molecule has 3 N–H and O–H groups in total. The van der Waals surface area contributed by atoms with Crippen molar-refractivity contribution < 1.29 is 21.3 Å². The number of furan rings is 1. The van der Waals surface area contributed by atoms with Crippen LogP contribution in [0.1, 0.15) is 31.1 Å². The number of sulfonamides is 2. The zero-order valence-corrected chi connectivity index (χ0v) is 16.4. The van der Waals surface area contributed by atoms with Gasteiger partial charge in [-0.15, -0.1) is 0 Å². The summed E-state index contributed by atoms with van der Waals surface area (Å²) in [6.45, 7) is 1.93. The Kier molecular flexibility index (Phi) is 6.02. The van der Waals surface area contributed by atoms with Gasteiger partial charge in [0.2, 0.25) is 20.0 Å². The van der Waals surface area contributed by atoms with E-state index in [1.54, 1.807) is 12.3 Å². The molecule has 8 nitrogen and oxygen atoms in total. The summed E-state index contributed by atoms with van der Waals surface area (Å²) in [7, 11) is -7.67. The van der Waals surface area contributed by atoms with Crippen LogP contribution in [0.15, 0.2) is 56.9 Å². The van der Waals surface area contributed by atoms with Crippen LogP contribution in [-0.2, 0) is 20.0 Å². The summed E-state index contributed by atoms with van der Waals surface area (Å²) in [6.07, 6.45) is 4.88. The Morgan fingerprint density at radius 2 is 1.63 bits per heavy atom. The third-order valence-electron chi connectivity index (χ3n) is 4.63. The van der Waals surface area contributed by atoms with Crippen LogP contribution in [0.5, 0.6) is 0 Å². The maximum atomic E-state index is 12.6. The maximum absolute atomic E-state index is 12.6. The summed E-state index contributed by atoms with van der Waals surface area (Å²) in [5.74, 6) is 0.712. The molecule has 0 radical (unpaired) electrons. The lowest BCUT2D eigenvalue weighted by atomic mass is 10.1. The number of piperidine rings is 1. The fourth-order valence-electron chi connectivity index (χ4n) is 3.20. The fourth-order valence-corrected chi connectivity index (χ4v) is 4.75. The third-order valence-corrected chi connectivity index (χ3v) is 7.00. The number of rotatable bonds is 7. The molecular formula is C17H23N3O5S2. The van der Waals surface area contributed by atoms with E-state index in [2.05, 4.69) is 9.62 Å². The Hall–Kier alpha value is -1.72. The molecule has 27 heavy (non-hydrogen) atoms. The molecule has 0 amide bonds. The van der Waals surface area contributed by atoms with Crippen LogP contribution in [0.3, 0.4) is 0 Å². The van der Waals surface area contributed by atoms with E-state index in [0.29, 0.717) is 5.76 Å². The van der Waals surface area contributed by atoms with Gasteiger partial charge < -0.3 is 4.42 Å². The zero-order valence-electron chi connectivity index (χ0n) is 14.7. The number of hydrogen-bond acceptors (Lipinski definition) is 6. The number of nitrogens with two attached hydrogens (primary N) is 1. The molecule has 1 saturated heterocycles. The molecule has 1 aromatic carbocycles. The first-order chi connectivity index (χ1) is 12.8. The molecule has 1 fully saturated rings. The van der Waals surface area contributed by atoms with Gasteiger partial charge in [0.05, 0.1) is 22.1 Å². The summed E-state index contributed by atoms with van der Waals surface area (Å²) < 4.78 is 56.0. The van der Waals surface area contributed by atoms with Gasteiger partial charge in [0.15, 0.2) is 0 Å². The summed E-state index contributed by atoms with van der Waals surface area (Å²) in [5, 5.41) is 5.04. The lowest BCUT2D eigenvalue weighted by Crippen LogP contribution is -2.40. The molecule has 148 valence electrons. The first-order valence-electron chi connectivity index (χ1n) is 8.67. The van der Waals surface area contributed by atoms with E-state index in [-0.39, 0.29) is 22.4 Å². The third kappa shape index (κ3) is 4.96. The molecule has 0 spiro atoms. The molecule has 1 aliphatic heterocycles. The molecule has 2 heterocycles. The molecule has 10 heteroatoms. The van der Waals surface area contributed by atoms with Crippen LogP contribution in [0.25, 0.3) is 0 Å². The highest BCUT2D eigenvalue weighted by molar-refractivity contribution is 7.89. The predicted octanol–water partition coefficient (Wildman–Crippen LogP) is 1.43. The van der Waals surface area contributed by atoms with Crippen molar-refractivity contribution in [2.24, 2.45) is 5.14 Å². The smallest absolute Gasteiger partial charge is 0.240 e. The van der Waals surface area contributed by atoms with Crippen molar-refractivity contribution in [2.45, 2.75) is 35.1 Å². The highest BCUT2D eigenvalue weighted by Crippen LogP contribution is 2.25. The fraction of sp³-hybridized carbons (Fsp3) is 0.412. The van der Waals surface area contributed by atoms with E-state index in [1.807, 2.05) is 6.07 Å². The van der Waals surface area contributed by atoms with Crippen molar-refractivity contribution in [1.82, 2.24) is 9.62 Å². The normalized spacial score (nSPS) is 17.7. The van der Waals surface area contributed by atoms with E-state index in [1.165, 1.54) is 30.7 Å². The van der Waals surface area contributed by atoms with Gasteiger partial charge in [-0.2, -0.15) is 0 Å². The highest BCUT2D eigenvalue weighted by Gasteiger charge is 2.26. The van der Waals surface area contributed by atoms with Crippen molar-refractivity contribution >= 4 is 20.0 Å². The van der Waals surface area contributed by atoms with Gasteiger partial charge in [0.1, 0.15) is 5.76 Å². The summed E-state index contributed by atoms with van der Waals surface area (Å²) in [6, 6.07) is 8.24. The standard InChI is InChI=1S/C17H23N3O5S2/c18-26(21,22)14-6-8-15(9-7-14)27(23,24)19-13-16(17-5-4-12-25-17)20-10-2-1-3-11-20/h4-9,12,16,19H,1-3,10-11,13H2,(H2,18,21,22). The molecule has 0 saturated carbocycles. The minimum atomic E-state index is -3.87. The Morgan fingerprint density at radius 1 is 1.00 bits per heavy atom. The van der Waals surface area contributed by atoms with Gasteiger partial charge in [0.25, 0.3) is 0 Å². The van der Waals surface area contributed by atoms with Crippen LogP contribution in [0, 0.1) is 0 Å². The van der Waals surface area contributed by atoms with Gasteiger partial charge in [-0.05, 0) is 62.3 Å². The predicted molar refractivity (Wildman–Crippen MR) is 99.9 cm³/mol. The minimum Gasteiger partial charge on any atom is -0.468 e. The monoisotopic (exact) mass is 413 g/mol. The van der Waals surface area contributed by atoms with Gasteiger partial charge >= 0.3 is 0 Å². The van der Waals surface area contributed by atoms with Crippen molar-refractivity contribution in [2.75, 3.05) is 19.6 Å². The van der Waals surface area contributed by atoms with Crippen molar-refractivity contribution in [3.8, 4) is 0 Å². The van der Waals surface area contributed by atoms with E-state index in [4.69, 9.17) is 9.56 Å². The molecule has 3 rings (SSSR count). The number of likely N-dealkylation sites (tertiary alicyclic amines) is 1. The topological polar surface area (TPSA) is 123 Å². The number of primary sulfonamides is 1. The molecule has 0 bridgehead atoms. The average molecular weight is 414 g/mol. The van der Waals surface area contributed by atoms with E-state index in [9.17, 15) is 16.8 Å². The second-order valence-electron chi connectivity index (χ2n) is 6.50. The van der Waals surface area contributed by atoms with E-state index in [0.717, 1.165) is 25.9 Å². The lowest BCUT2D eigenvalue weighted by molar-refractivity contribution is 0.147. The Labute approximate surface area is 159 Å². The maximum Gasteiger partial charge on any atom is 0.240 e. The molecule has 1 atom stereocenters. The van der Waals surface area contributed by atoms with E-state index < -0.39 is 20.0 Å². The van der Waals surface area contributed by atoms with Gasteiger partial charge in [-0.25, -0.2) is 26.7 Å². The first-order valence-corrected chi connectivity index (χ1v) is 11.7. The van der Waals surface area contributed by atoms with Crippen molar-refractivity contribution in [3.05, 3.63) is 48.4 Å². The quantitative estimate of drug-likeness (QED) is 0.708. The lowest BCUT2D eigenvalue weighted by Gasteiger charge is -2.33. The first kappa shape index (κ1) is 20.0. The second-order valence-corrected chi connectivity index (χ2v) is 9.82. The number of nitrogens with one attached hydrogen (secondary N) is 1. The van der Waals surface area contributed by atoms with E-state index >= 15 is 0 Å². The Balaban J connectivity index is 1.75. The largest absolute Gasteiger partial charge is 0.468 e. The summed E-state index contributed by atoms with van der Waals surface area (Å²) in [5.41, 5.74) is 0. The molecule has 2 aromatic rings. The van der Waals surface area contributed by atoms with Crippen molar-refractivity contribution in [3.63, 3.8) is 0 Å². The van der Waals surface area contributed by atoms with Gasteiger partial charge in [-0.1, -0.05) is 6.42 Å². The van der Waals surface area contributed by atoms with Crippen LogP contribution in [-0.4, -0.2) is 41.4 Å². The minimum absolute atomic E-state index is 0.0215. The Bertz CT molecular complexity index is 949. The molecule has 0 aliphatic carbocycles. The van der Waals surface area contributed by atoms with Gasteiger partial charge in [-0.3, -0.25) is 4.90 Å². The zero-order chi connectivity index (χ0) is 19.5. The van der Waals surface area contributed by atoms with Gasteiger partial charge in [0, 0.05) is 6.54 Å². The SMILES string of the molecule is NS(=O)(=O)c1ccc(S(=O)(=O)NCC(c2ccco2)N2CCCCC2)cc1. The summed E-state index contributed by atoms with van der Waals surface area (Å²) in [4.78, 5) is 2.06.